The van der Waals surface area contributed by atoms with E-state index in [-0.39, 0.29) is 12.5 Å². The van der Waals surface area contributed by atoms with E-state index in [0.29, 0.717) is 22.2 Å². The molecule has 1 amide bonds. The zero-order valence-corrected chi connectivity index (χ0v) is 15.0. The quantitative estimate of drug-likeness (QED) is 0.765. The molecule has 0 fully saturated rings. The van der Waals surface area contributed by atoms with Crippen LogP contribution in [0, 0.1) is 0 Å². The standard InChI is InChI=1S/C19H17ClN4O2/c1-24-8-7-12-5-6-16(22-18(12)24)19(25)21-11-15-10-17(23-26-15)13-3-2-4-14(20)9-13/h2-6,9-10H,7-8,11H2,1H3,(H,21,25). The van der Waals surface area contributed by atoms with Crippen LogP contribution in [0.5, 0.6) is 0 Å². The highest BCUT2D eigenvalue weighted by molar-refractivity contribution is 6.30. The molecule has 0 aliphatic carbocycles. The summed E-state index contributed by atoms with van der Waals surface area (Å²) in [6.45, 7) is 1.17. The van der Waals surface area contributed by atoms with E-state index in [0.717, 1.165) is 24.3 Å². The minimum absolute atomic E-state index is 0.237. The molecule has 1 N–H and O–H groups in total. The Balaban J connectivity index is 1.43. The Morgan fingerprint density at radius 3 is 3.04 bits per heavy atom. The fraction of sp³-hybridized carbons (Fsp3) is 0.211. The van der Waals surface area contributed by atoms with Crippen molar-refractivity contribution in [2.45, 2.75) is 13.0 Å². The Morgan fingerprint density at radius 1 is 1.31 bits per heavy atom. The van der Waals surface area contributed by atoms with Crippen LogP contribution in [-0.4, -0.2) is 29.6 Å². The van der Waals surface area contributed by atoms with Gasteiger partial charge in [-0.25, -0.2) is 4.98 Å². The molecule has 0 unspecified atom stereocenters. The second-order valence-corrected chi connectivity index (χ2v) is 6.66. The van der Waals surface area contributed by atoms with E-state index >= 15 is 0 Å². The molecule has 132 valence electrons. The molecule has 0 spiro atoms. The second-order valence-electron chi connectivity index (χ2n) is 6.22. The van der Waals surface area contributed by atoms with Crippen molar-refractivity contribution < 1.29 is 9.32 Å². The lowest BCUT2D eigenvalue weighted by atomic mass is 10.1. The third kappa shape index (κ3) is 3.28. The first-order valence-electron chi connectivity index (χ1n) is 8.31. The van der Waals surface area contributed by atoms with Gasteiger partial charge in [0.2, 0.25) is 0 Å². The number of amides is 1. The van der Waals surface area contributed by atoms with Gasteiger partial charge in [0.05, 0.1) is 6.54 Å². The summed E-state index contributed by atoms with van der Waals surface area (Å²) in [5.74, 6) is 1.20. The SMILES string of the molecule is CN1CCc2ccc(C(=O)NCc3cc(-c4cccc(Cl)c4)no3)nc21. The van der Waals surface area contributed by atoms with E-state index in [1.165, 1.54) is 5.56 Å². The average molecular weight is 369 g/mol. The molecule has 0 bridgehead atoms. The summed E-state index contributed by atoms with van der Waals surface area (Å²) in [6, 6.07) is 12.9. The number of nitrogens with zero attached hydrogens (tertiary/aromatic N) is 3. The molecule has 1 aromatic carbocycles. The molecule has 0 saturated carbocycles. The highest BCUT2D eigenvalue weighted by Crippen LogP contribution is 2.24. The number of likely N-dealkylation sites (N-methyl/N-ethyl adjacent to an activating group) is 1. The van der Waals surface area contributed by atoms with E-state index in [2.05, 4.69) is 20.4 Å². The van der Waals surface area contributed by atoms with Crippen LogP contribution >= 0.6 is 11.6 Å². The zero-order chi connectivity index (χ0) is 18.1. The van der Waals surface area contributed by atoms with Gasteiger partial charge in [-0.1, -0.05) is 35.0 Å². The van der Waals surface area contributed by atoms with Crippen LogP contribution in [0.25, 0.3) is 11.3 Å². The fourth-order valence-electron chi connectivity index (χ4n) is 2.96. The molecule has 4 rings (SSSR count). The molecule has 7 heteroatoms. The Bertz CT molecular complexity index is 970. The Labute approximate surface area is 155 Å². The lowest BCUT2D eigenvalue weighted by Gasteiger charge is -2.11. The average Bonchev–Trinajstić information content (AvgIpc) is 3.27. The van der Waals surface area contributed by atoms with Gasteiger partial charge in [-0.05, 0) is 30.2 Å². The summed E-state index contributed by atoms with van der Waals surface area (Å²) < 4.78 is 5.30. The number of fused-ring (bicyclic) bond motifs is 1. The van der Waals surface area contributed by atoms with Crippen molar-refractivity contribution in [1.29, 1.82) is 0 Å². The highest BCUT2D eigenvalue weighted by Gasteiger charge is 2.19. The lowest BCUT2D eigenvalue weighted by molar-refractivity contribution is 0.0942. The molecule has 3 heterocycles. The maximum atomic E-state index is 12.4. The van der Waals surface area contributed by atoms with Gasteiger partial charge >= 0.3 is 0 Å². The van der Waals surface area contributed by atoms with Crippen molar-refractivity contribution in [1.82, 2.24) is 15.5 Å². The first kappa shape index (κ1) is 16.6. The molecular formula is C19H17ClN4O2. The first-order chi connectivity index (χ1) is 12.6. The van der Waals surface area contributed by atoms with Crippen LogP contribution in [0.1, 0.15) is 21.8 Å². The highest BCUT2D eigenvalue weighted by atomic mass is 35.5. The molecule has 1 aliphatic heterocycles. The molecule has 0 atom stereocenters. The van der Waals surface area contributed by atoms with Gasteiger partial charge < -0.3 is 14.7 Å². The largest absolute Gasteiger partial charge is 0.359 e. The van der Waals surface area contributed by atoms with Crippen molar-refractivity contribution >= 4 is 23.3 Å². The molecule has 1 aliphatic rings. The van der Waals surface area contributed by atoms with Gasteiger partial charge in [0.25, 0.3) is 5.91 Å². The topological polar surface area (TPSA) is 71.3 Å². The van der Waals surface area contributed by atoms with Gasteiger partial charge in [-0.2, -0.15) is 0 Å². The van der Waals surface area contributed by atoms with E-state index in [1.54, 1.807) is 18.2 Å². The van der Waals surface area contributed by atoms with Crippen molar-refractivity contribution in [3.8, 4) is 11.3 Å². The van der Waals surface area contributed by atoms with Crippen molar-refractivity contribution in [3.05, 3.63) is 64.5 Å². The number of anilines is 1. The predicted octanol–water partition coefficient (Wildman–Crippen LogP) is 3.31. The van der Waals surface area contributed by atoms with Crippen molar-refractivity contribution in [3.63, 3.8) is 0 Å². The molecule has 3 aromatic rings. The number of pyridine rings is 1. The monoisotopic (exact) mass is 368 g/mol. The summed E-state index contributed by atoms with van der Waals surface area (Å²) in [6.07, 6.45) is 0.963. The van der Waals surface area contributed by atoms with Gasteiger partial charge in [0, 0.05) is 30.2 Å². The van der Waals surface area contributed by atoms with E-state index in [4.69, 9.17) is 16.1 Å². The number of benzene rings is 1. The van der Waals surface area contributed by atoms with Crippen LogP contribution in [0.2, 0.25) is 5.02 Å². The van der Waals surface area contributed by atoms with Gasteiger partial charge in [-0.15, -0.1) is 0 Å². The zero-order valence-electron chi connectivity index (χ0n) is 14.2. The van der Waals surface area contributed by atoms with E-state index in [1.807, 2.05) is 31.3 Å². The van der Waals surface area contributed by atoms with Crippen molar-refractivity contribution in [2.75, 3.05) is 18.5 Å². The van der Waals surface area contributed by atoms with Crippen LogP contribution in [0.3, 0.4) is 0 Å². The predicted molar refractivity (Wildman–Crippen MR) is 99.3 cm³/mol. The lowest BCUT2D eigenvalue weighted by Crippen LogP contribution is -2.24. The maximum Gasteiger partial charge on any atom is 0.270 e. The normalized spacial score (nSPS) is 12.9. The van der Waals surface area contributed by atoms with E-state index in [9.17, 15) is 4.79 Å². The number of carbonyl (C=O) groups excluding carboxylic acids is 1. The third-order valence-electron chi connectivity index (χ3n) is 4.37. The number of rotatable bonds is 4. The molecule has 0 saturated heterocycles. The number of hydrogen-bond donors (Lipinski definition) is 1. The summed E-state index contributed by atoms with van der Waals surface area (Å²) in [4.78, 5) is 18.9. The van der Waals surface area contributed by atoms with Crippen LogP contribution < -0.4 is 10.2 Å². The third-order valence-corrected chi connectivity index (χ3v) is 4.60. The van der Waals surface area contributed by atoms with Gasteiger partial charge in [0.15, 0.2) is 5.76 Å². The van der Waals surface area contributed by atoms with Crippen LogP contribution in [0.4, 0.5) is 5.82 Å². The number of aromatic nitrogens is 2. The van der Waals surface area contributed by atoms with Gasteiger partial charge in [0.1, 0.15) is 17.2 Å². The minimum Gasteiger partial charge on any atom is -0.359 e. The summed E-state index contributed by atoms with van der Waals surface area (Å²) in [7, 11) is 1.98. The van der Waals surface area contributed by atoms with Crippen LogP contribution in [0.15, 0.2) is 47.0 Å². The molecular weight excluding hydrogens is 352 g/mol. The summed E-state index contributed by atoms with van der Waals surface area (Å²) in [5, 5.41) is 7.48. The smallest absolute Gasteiger partial charge is 0.270 e. The first-order valence-corrected chi connectivity index (χ1v) is 8.69. The molecule has 26 heavy (non-hydrogen) atoms. The summed E-state index contributed by atoms with van der Waals surface area (Å²) >= 11 is 6.00. The van der Waals surface area contributed by atoms with Gasteiger partial charge in [-0.3, -0.25) is 4.79 Å². The fourth-order valence-corrected chi connectivity index (χ4v) is 3.15. The van der Waals surface area contributed by atoms with Crippen molar-refractivity contribution in [2.24, 2.45) is 0 Å². The number of hydrogen-bond acceptors (Lipinski definition) is 5. The minimum atomic E-state index is -0.242. The Morgan fingerprint density at radius 2 is 2.19 bits per heavy atom. The maximum absolute atomic E-state index is 12.4. The molecule has 2 aromatic heterocycles. The molecule has 6 nitrogen and oxygen atoms in total. The Kier molecular flexibility index (Phi) is 4.34. The second kappa shape index (κ2) is 6.80. The van der Waals surface area contributed by atoms with E-state index < -0.39 is 0 Å². The van der Waals surface area contributed by atoms with Crippen LogP contribution in [-0.2, 0) is 13.0 Å². The molecule has 0 radical (unpaired) electrons. The summed E-state index contributed by atoms with van der Waals surface area (Å²) in [5.41, 5.74) is 3.11. The Hall–Kier alpha value is -2.86. The number of halogens is 1. The number of carbonyl (C=O) groups is 1. The number of nitrogens with one attached hydrogen (secondary N) is 1.